The number of benzene rings is 2. The molecule has 0 heterocycles. The number of halogens is 2. The summed E-state index contributed by atoms with van der Waals surface area (Å²) in [6.45, 7) is 6.41. The van der Waals surface area contributed by atoms with Gasteiger partial charge in [0.15, 0.2) is 0 Å². The Balaban J connectivity index is 2.26. The highest BCUT2D eigenvalue weighted by Crippen LogP contribution is 2.21. The molecule has 1 N–H and O–H groups in total. The summed E-state index contributed by atoms with van der Waals surface area (Å²) in [7, 11) is 0. The smallest absolute Gasteiger partial charge is 0.242 e. The molecule has 6 heteroatoms. The highest BCUT2D eigenvalue weighted by atomic mass is 35.5. The summed E-state index contributed by atoms with van der Waals surface area (Å²) in [5.74, 6) is -1.12. The summed E-state index contributed by atoms with van der Waals surface area (Å²) in [5.41, 5.74) is 2.14. The predicted molar refractivity (Wildman–Crippen MR) is 110 cm³/mol. The highest BCUT2D eigenvalue weighted by Gasteiger charge is 2.27. The lowest BCUT2D eigenvalue weighted by molar-refractivity contribution is -0.140. The van der Waals surface area contributed by atoms with Gasteiger partial charge in [-0.25, -0.2) is 4.39 Å². The van der Waals surface area contributed by atoms with Gasteiger partial charge in [-0.15, -0.1) is 0 Å². The summed E-state index contributed by atoms with van der Waals surface area (Å²) in [6, 6.07) is 11.4. The minimum atomic E-state index is -0.689. The van der Waals surface area contributed by atoms with Crippen LogP contribution in [0.2, 0.25) is 5.02 Å². The first kappa shape index (κ1) is 21.9. The second kappa shape index (κ2) is 10.2. The minimum Gasteiger partial charge on any atom is -0.354 e. The van der Waals surface area contributed by atoms with Crippen LogP contribution in [0.15, 0.2) is 42.5 Å². The second-order valence-corrected chi connectivity index (χ2v) is 7.26. The van der Waals surface area contributed by atoms with Crippen LogP contribution < -0.4 is 5.32 Å². The molecule has 2 amide bonds. The van der Waals surface area contributed by atoms with Gasteiger partial charge in [0.2, 0.25) is 11.8 Å². The molecule has 0 bridgehead atoms. The largest absolute Gasteiger partial charge is 0.354 e. The van der Waals surface area contributed by atoms with Crippen LogP contribution in [-0.2, 0) is 22.6 Å². The molecule has 0 spiro atoms. The van der Waals surface area contributed by atoms with Gasteiger partial charge < -0.3 is 10.2 Å². The monoisotopic (exact) mass is 404 g/mol. The van der Waals surface area contributed by atoms with E-state index in [1.54, 1.807) is 13.0 Å². The van der Waals surface area contributed by atoms with Gasteiger partial charge in [-0.3, -0.25) is 9.59 Å². The topological polar surface area (TPSA) is 49.4 Å². The maximum atomic E-state index is 14.1. The molecule has 2 aromatic carbocycles. The molecule has 2 rings (SSSR count). The van der Waals surface area contributed by atoms with Crippen LogP contribution in [0, 0.1) is 12.7 Å². The van der Waals surface area contributed by atoms with Gasteiger partial charge in [0.25, 0.3) is 0 Å². The number of carbonyl (C=O) groups excluding carboxylic acids is 2. The normalized spacial score (nSPS) is 11.8. The number of hydrogen-bond acceptors (Lipinski definition) is 2. The van der Waals surface area contributed by atoms with Crippen LogP contribution in [0.1, 0.15) is 37.0 Å². The average molecular weight is 405 g/mol. The molecule has 28 heavy (non-hydrogen) atoms. The van der Waals surface area contributed by atoms with E-state index in [0.717, 1.165) is 17.5 Å². The Morgan fingerprint density at radius 2 is 1.86 bits per heavy atom. The summed E-state index contributed by atoms with van der Waals surface area (Å²) in [4.78, 5) is 27.0. The first-order valence-corrected chi connectivity index (χ1v) is 9.76. The van der Waals surface area contributed by atoms with Crippen LogP contribution in [0.25, 0.3) is 0 Å². The lowest BCUT2D eigenvalue weighted by atomic mass is 10.1. The maximum Gasteiger partial charge on any atom is 0.242 e. The Hall–Kier alpha value is -2.40. The molecule has 0 unspecified atom stereocenters. The van der Waals surface area contributed by atoms with Crippen molar-refractivity contribution in [2.45, 2.75) is 46.2 Å². The molecule has 0 aromatic heterocycles. The Bertz CT molecular complexity index is 804. The van der Waals surface area contributed by atoms with E-state index in [1.165, 1.54) is 17.0 Å². The van der Waals surface area contributed by atoms with Gasteiger partial charge >= 0.3 is 0 Å². The van der Waals surface area contributed by atoms with Gasteiger partial charge in [-0.2, -0.15) is 0 Å². The van der Waals surface area contributed by atoms with Crippen molar-refractivity contribution in [1.29, 1.82) is 0 Å². The first-order chi connectivity index (χ1) is 13.3. The van der Waals surface area contributed by atoms with Crippen molar-refractivity contribution in [3.63, 3.8) is 0 Å². The van der Waals surface area contributed by atoms with Gasteiger partial charge in [0, 0.05) is 23.7 Å². The van der Waals surface area contributed by atoms with E-state index >= 15 is 0 Å². The van der Waals surface area contributed by atoms with Crippen LogP contribution in [0.4, 0.5) is 4.39 Å². The molecule has 0 radical (unpaired) electrons. The van der Waals surface area contributed by atoms with E-state index in [0.29, 0.717) is 6.54 Å². The fourth-order valence-corrected chi connectivity index (χ4v) is 3.05. The molecule has 0 saturated heterocycles. The van der Waals surface area contributed by atoms with E-state index in [2.05, 4.69) is 5.32 Å². The fourth-order valence-electron chi connectivity index (χ4n) is 2.82. The fraction of sp³-hybridized carbons (Fsp3) is 0.364. The predicted octanol–water partition coefficient (Wildman–Crippen LogP) is 4.27. The van der Waals surface area contributed by atoms with Crippen LogP contribution in [0.3, 0.4) is 0 Å². The van der Waals surface area contributed by atoms with Crippen LogP contribution >= 0.6 is 11.6 Å². The standard InChI is InChI=1S/C22H26ClFN2O2/c1-4-12-25-22(28)16(3)26(14-17-10-8-15(2)9-11-17)21(27)13-18-19(23)6-5-7-20(18)24/h5-11,16H,4,12-14H2,1-3H3,(H,25,28)/t16-/m1/s1. The van der Waals surface area contributed by atoms with E-state index < -0.39 is 11.9 Å². The van der Waals surface area contributed by atoms with Gasteiger partial charge in [0.05, 0.1) is 6.42 Å². The number of nitrogens with one attached hydrogen (secondary N) is 1. The lowest BCUT2D eigenvalue weighted by Gasteiger charge is -2.29. The molecule has 1 atom stereocenters. The van der Waals surface area contributed by atoms with Crippen molar-refractivity contribution < 1.29 is 14.0 Å². The maximum absolute atomic E-state index is 14.1. The van der Waals surface area contributed by atoms with Gasteiger partial charge in [-0.05, 0) is 38.0 Å². The third kappa shape index (κ3) is 5.80. The number of hydrogen-bond donors (Lipinski definition) is 1. The molecule has 0 fully saturated rings. The molecular weight excluding hydrogens is 379 g/mol. The zero-order valence-electron chi connectivity index (χ0n) is 16.5. The third-order valence-electron chi connectivity index (χ3n) is 4.58. The highest BCUT2D eigenvalue weighted by molar-refractivity contribution is 6.31. The van der Waals surface area contributed by atoms with Crippen molar-refractivity contribution in [1.82, 2.24) is 10.2 Å². The summed E-state index contributed by atoms with van der Waals surface area (Å²) in [5, 5.41) is 3.02. The molecule has 4 nitrogen and oxygen atoms in total. The average Bonchev–Trinajstić information content (AvgIpc) is 2.67. The summed E-state index contributed by atoms with van der Waals surface area (Å²) >= 11 is 6.08. The minimum absolute atomic E-state index is 0.143. The Kier molecular flexibility index (Phi) is 8.00. The molecule has 0 aliphatic heterocycles. The molecule has 150 valence electrons. The van der Waals surface area contributed by atoms with Crippen molar-refractivity contribution in [3.05, 3.63) is 70.0 Å². The van der Waals surface area contributed by atoms with E-state index in [4.69, 9.17) is 11.6 Å². The Morgan fingerprint density at radius 1 is 1.18 bits per heavy atom. The van der Waals surface area contributed by atoms with Crippen LogP contribution in [-0.4, -0.2) is 29.3 Å². The van der Waals surface area contributed by atoms with Crippen molar-refractivity contribution >= 4 is 23.4 Å². The van der Waals surface area contributed by atoms with Gasteiger partial charge in [0.1, 0.15) is 11.9 Å². The zero-order chi connectivity index (χ0) is 20.7. The van der Waals surface area contributed by atoms with Crippen molar-refractivity contribution in [3.8, 4) is 0 Å². The first-order valence-electron chi connectivity index (χ1n) is 9.39. The zero-order valence-corrected chi connectivity index (χ0v) is 17.2. The molecule has 0 aliphatic carbocycles. The number of amides is 2. The van der Waals surface area contributed by atoms with Crippen LogP contribution in [0.5, 0.6) is 0 Å². The van der Waals surface area contributed by atoms with Crippen molar-refractivity contribution in [2.75, 3.05) is 6.54 Å². The number of aryl methyl sites for hydroxylation is 1. The summed E-state index contributed by atoms with van der Waals surface area (Å²) in [6.07, 6.45) is 0.595. The Labute approximate surface area is 170 Å². The summed E-state index contributed by atoms with van der Waals surface area (Å²) < 4.78 is 14.1. The van der Waals surface area contributed by atoms with Crippen molar-refractivity contribution in [2.24, 2.45) is 0 Å². The SMILES string of the molecule is CCCNC(=O)[C@@H](C)N(Cc1ccc(C)cc1)C(=O)Cc1c(F)cccc1Cl. The third-order valence-corrected chi connectivity index (χ3v) is 4.93. The molecule has 2 aromatic rings. The molecule has 0 aliphatic rings. The van der Waals surface area contributed by atoms with E-state index in [1.807, 2.05) is 38.1 Å². The molecule has 0 saturated carbocycles. The second-order valence-electron chi connectivity index (χ2n) is 6.85. The quantitative estimate of drug-likeness (QED) is 0.714. The Morgan fingerprint density at radius 3 is 2.46 bits per heavy atom. The van der Waals surface area contributed by atoms with Gasteiger partial charge in [-0.1, -0.05) is 54.4 Å². The van der Waals surface area contributed by atoms with E-state index in [-0.39, 0.29) is 35.4 Å². The molecular formula is C22H26ClFN2O2. The van der Waals surface area contributed by atoms with E-state index in [9.17, 15) is 14.0 Å². The lowest BCUT2D eigenvalue weighted by Crippen LogP contribution is -2.48. The number of nitrogens with zero attached hydrogens (tertiary/aromatic N) is 1. The number of carbonyl (C=O) groups is 2. The number of rotatable bonds is 8.